The molecule has 0 aliphatic carbocycles. The summed E-state index contributed by atoms with van der Waals surface area (Å²) < 4.78 is 5.66. The molecule has 0 bridgehead atoms. The second kappa shape index (κ2) is 17.8. The van der Waals surface area contributed by atoms with Gasteiger partial charge in [0.05, 0.1) is 22.2 Å². The first-order valence-corrected chi connectivity index (χ1v) is 26.5. The molecule has 3 saturated heterocycles. The Balaban J connectivity index is 0.788. The molecule has 75 heavy (non-hydrogen) atoms. The maximum Gasteiger partial charge on any atom is 0.178 e. The molecule has 0 amide bonds. The lowest BCUT2D eigenvalue weighted by Crippen LogP contribution is -2.36. The lowest BCUT2D eigenvalue weighted by molar-refractivity contribution is 0.0408. The Kier molecular flexibility index (Phi) is 10.6. The van der Waals surface area contributed by atoms with E-state index >= 15 is 0 Å². The minimum Gasteiger partial charge on any atom is -0.381 e. The Morgan fingerprint density at radius 2 is 1.29 bits per heavy atom. The van der Waals surface area contributed by atoms with Crippen LogP contribution >= 0.6 is 0 Å². The van der Waals surface area contributed by atoms with Gasteiger partial charge in [0.15, 0.2) is 16.9 Å². The fourth-order valence-electron chi connectivity index (χ4n) is 11.8. The number of fused-ring (bicyclic) bond motifs is 6. The van der Waals surface area contributed by atoms with Crippen molar-refractivity contribution in [3.05, 3.63) is 143 Å². The number of H-pyrrole nitrogens is 6. The molecule has 0 atom stereocenters. The van der Waals surface area contributed by atoms with Crippen LogP contribution < -0.4 is 0 Å². The quantitative estimate of drug-likeness (QED) is 0.0572. The number of likely N-dealkylation sites (tertiary alicyclic amines) is 1. The van der Waals surface area contributed by atoms with E-state index in [0.717, 1.165) is 154 Å². The minimum absolute atomic E-state index is 0.451. The third-order valence-electron chi connectivity index (χ3n) is 15.9. The van der Waals surface area contributed by atoms with Gasteiger partial charge in [-0.15, -0.1) is 0 Å². The second-order valence-corrected chi connectivity index (χ2v) is 21.3. The molecule has 0 saturated carbocycles. The van der Waals surface area contributed by atoms with Gasteiger partial charge < -0.3 is 34.6 Å². The minimum atomic E-state index is 0.451. The molecular weight excluding hydrogens is 935 g/mol. The van der Waals surface area contributed by atoms with Crippen LogP contribution in [-0.2, 0) is 37.2 Å². The molecule has 9 aromatic heterocycles. The molecule has 3 fully saturated rings. The van der Waals surface area contributed by atoms with Crippen molar-refractivity contribution in [2.75, 3.05) is 46.4 Å². The zero-order valence-corrected chi connectivity index (χ0v) is 42.1. The summed E-state index contributed by atoms with van der Waals surface area (Å²) in [5.41, 5.74) is 19.8. The molecule has 16 nitrogen and oxygen atoms in total. The Morgan fingerprint density at radius 1 is 0.600 bits per heavy atom. The van der Waals surface area contributed by atoms with Gasteiger partial charge in [-0.3, -0.25) is 14.7 Å². The van der Waals surface area contributed by atoms with Crippen LogP contribution in [0.4, 0.5) is 0 Å². The van der Waals surface area contributed by atoms with E-state index in [1.807, 2.05) is 19.3 Å². The first-order chi connectivity index (χ1) is 36.8. The summed E-state index contributed by atoms with van der Waals surface area (Å²) in [4.78, 5) is 59.7. The van der Waals surface area contributed by atoms with Crippen LogP contribution in [0.1, 0.15) is 64.7 Å². The number of ether oxygens (including phenoxy) is 1. The summed E-state index contributed by atoms with van der Waals surface area (Å²) in [5.74, 6) is 2.37. The van der Waals surface area contributed by atoms with Crippen molar-refractivity contribution in [2.24, 2.45) is 0 Å². The first kappa shape index (κ1) is 44.5. The molecule has 3 aliphatic heterocycles. The Morgan fingerprint density at radius 3 is 2.07 bits per heavy atom. The average molecular weight is 992 g/mol. The number of pyridine rings is 3. The monoisotopic (exact) mass is 991 g/mol. The molecule has 0 radical (unpaired) electrons. The van der Waals surface area contributed by atoms with E-state index in [2.05, 4.69) is 137 Å². The number of aromatic amines is 6. The van der Waals surface area contributed by atoms with Gasteiger partial charge in [0, 0.05) is 144 Å². The summed E-state index contributed by atoms with van der Waals surface area (Å²) in [7, 11) is 2.24. The van der Waals surface area contributed by atoms with Crippen molar-refractivity contribution in [2.45, 2.75) is 64.7 Å². The molecule has 16 heteroatoms. The van der Waals surface area contributed by atoms with Gasteiger partial charge in [0.2, 0.25) is 0 Å². The van der Waals surface area contributed by atoms with Crippen molar-refractivity contribution in [3.8, 4) is 33.8 Å². The van der Waals surface area contributed by atoms with Crippen LogP contribution in [-0.4, -0.2) is 127 Å². The largest absolute Gasteiger partial charge is 0.381 e. The van der Waals surface area contributed by atoms with E-state index in [1.54, 1.807) is 0 Å². The third kappa shape index (κ3) is 8.34. The maximum atomic E-state index is 5.66. The number of hydrogen-bond donors (Lipinski definition) is 6. The van der Waals surface area contributed by atoms with E-state index in [4.69, 9.17) is 34.6 Å². The highest BCUT2D eigenvalue weighted by Gasteiger charge is 2.24. The Hall–Kier alpha value is -8.02. The Bertz CT molecular complexity index is 4150. The topological polar surface area (TPSA) is 191 Å². The fourth-order valence-corrected chi connectivity index (χ4v) is 11.8. The number of imidazole rings is 3. The molecule has 15 rings (SSSR count). The van der Waals surface area contributed by atoms with Gasteiger partial charge in [-0.25, -0.2) is 29.9 Å². The highest BCUT2D eigenvalue weighted by atomic mass is 16.5. The number of benzene rings is 3. The third-order valence-corrected chi connectivity index (χ3v) is 15.9. The molecule has 0 unspecified atom stereocenters. The van der Waals surface area contributed by atoms with Crippen molar-refractivity contribution >= 4 is 66.2 Å². The molecule has 3 aromatic carbocycles. The second-order valence-electron chi connectivity index (χ2n) is 21.3. The van der Waals surface area contributed by atoms with Crippen molar-refractivity contribution in [1.29, 1.82) is 0 Å². The summed E-state index contributed by atoms with van der Waals surface area (Å²) in [5, 5.41) is 3.58. The van der Waals surface area contributed by atoms with Gasteiger partial charge in [-0.05, 0) is 129 Å². The van der Waals surface area contributed by atoms with E-state index in [0.29, 0.717) is 35.8 Å². The van der Waals surface area contributed by atoms with E-state index < -0.39 is 0 Å². The summed E-state index contributed by atoms with van der Waals surface area (Å²) in [6.45, 7) is 11.1. The normalized spacial score (nSPS) is 15.8. The van der Waals surface area contributed by atoms with Gasteiger partial charge in [0.1, 0.15) is 17.5 Å². The predicted molar refractivity (Wildman–Crippen MR) is 294 cm³/mol. The van der Waals surface area contributed by atoms with Crippen LogP contribution in [0.5, 0.6) is 0 Å². The molecule has 0 spiro atoms. The van der Waals surface area contributed by atoms with Gasteiger partial charge in [0.25, 0.3) is 0 Å². The molecular formula is C59H57N15O. The van der Waals surface area contributed by atoms with Crippen molar-refractivity contribution < 1.29 is 4.74 Å². The number of rotatable bonds is 14. The zero-order valence-electron chi connectivity index (χ0n) is 42.1. The number of nitrogens with zero attached hydrogens (tertiary/aromatic N) is 9. The Labute approximate surface area is 431 Å². The lowest BCUT2D eigenvalue weighted by Gasteiger charge is -2.31. The summed E-state index contributed by atoms with van der Waals surface area (Å²) in [6, 6.07) is 31.6. The average Bonchev–Trinajstić information content (AvgIpc) is 4.03. The van der Waals surface area contributed by atoms with E-state index in [-0.39, 0.29) is 0 Å². The molecule has 374 valence electrons. The smallest absolute Gasteiger partial charge is 0.178 e. The number of nitrogens with one attached hydrogen (secondary N) is 6. The number of hydrogen-bond acceptors (Lipinski definition) is 10. The van der Waals surface area contributed by atoms with Crippen molar-refractivity contribution in [1.82, 2.24) is 74.5 Å². The van der Waals surface area contributed by atoms with Crippen LogP contribution in [0.25, 0.3) is 100.0 Å². The van der Waals surface area contributed by atoms with Crippen LogP contribution in [0.2, 0.25) is 0 Å². The van der Waals surface area contributed by atoms with E-state index in [1.165, 1.54) is 52.4 Å². The van der Waals surface area contributed by atoms with Crippen molar-refractivity contribution in [3.63, 3.8) is 0 Å². The highest BCUT2D eigenvalue weighted by Crippen LogP contribution is 2.37. The predicted octanol–water partition coefficient (Wildman–Crippen LogP) is 10.1. The SMILES string of the molecule is Cc1nc2nc(Cc3nc4ncc(Cc5nc6nccc(-c7cc8c(CN(C)C9CCOCC9)cccc8[nH]7)c6[nH]5)c(-c5cc6cc(CN7CCC7)ccc6[nH]5)c4[nH]3)cc(-c3cc4cc(CN5CC5)ccc4[nH]3)c2[nH]1. The maximum absolute atomic E-state index is 5.66. The van der Waals surface area contributed by atoms with Gasteiger partial charge in [-0.1, -0.05) is 24.3 Å². The lowest BCUT2D eigenvalue weighted by atomic mass is 10.0. The summed E-state index contributed by atoms with van der Waals surface area (Å²) >= 11 is 0. The van der Waals surface area contributed by atoms with Gasteiger partial charge >= 0.3 is 0 Å². The molecule has 6 N–H and O–H groups in total. The van der Waals surface area contributed by atoms with Crippen LogP contribution in [0.3, 0.4) is 0 Å². The van der Waals surface area contributed by atoms with Crippen LogP contribution in [0.15, 0.2) is 97.3 Å². The molecule has 12 heterocycles. The van der Waals surface area contributed by atoms with Gasteiger partial charge in [-0.2, -0.15) is 0 Å². The standard InChI is InChI=1S/C59H57N15O/c1-33-62-55-44(48-23-37-21-35(31-74-17-18-74)7-9-45(37)65-48)26-40(64-59(55)63-33)27-52-69-56-53(50-24-38-22-34(8-10-46(38)66-50)30-73-15-4-16-73)39(29-61-58(56)71-52)25-51-68-54-42(11-14-60-57(54)70-51)49-28-43-36(5-3-6-47(43)67-49)32-72(2)41-12-19-75-20-13-41/h3,5-11,14,21-24,26,28-29,41,65-67H,4,12-13,15-20,25,27,30-32H2,1-2H3,(H,60,68,70)(H,61,69,71)(H,62,63,64). The molecule has 12 aromatic rings. The number of aromatic nitrogens is 12. The molecule has 3 aliphatic rings. The first-order valence-electron chi connectivity index (χ1n) is 26.5. The highest BCUT2D eigenvalue weighted by molar-refractivity contribution is 5.98. The van der Waals surface area contributed by atoms with Crippen LogP contribution in [0, 0.1) is 6.92 Å². The number of aryl methyl sites for hydroxylation is 1. The summed E-state index contributed by atoms with van der Waals surface area (Å²) in [6.07, 6.45) is 8.14. The fraction of sp³-hybridized carbons (Fsp3) is 0.288. The van der Waals surface area contributed by atoms with E-state index in [9.17, 15) is 0 Å². The zero-order chi connectivity index (χ0) is 49.7.